The second-order valence-corrected chi connectivity index (χ2v) is 16.9. The molecule has 69 heavy (non-hydrogen) atoms. The highest BCUT2D eigenvalue weighted by Crippen LogP contribution is 2.46. The summed E-state index contributed by atoms with van der Waals surface area (Å²) in [5.74, 6) is -3.26. The van der Waals surface area contributed by atoms with Gasteiger partial charge in [0.2, 0.25) is 6.10 Å². The second kappa shape index (κ2) is 21.6. The van der Waals surface area contributed by atoms with E-state index in [0.29, 0.717) is 34.6 Å². The molecule has 0 spiro atoms. The number of carbonyl (C=O) groups excluding carboxylic acids is 6. The Balaban J connectivity index is 1.27. The van der Waals surface area contributed by atoms with Crippen LogP contribution in [0, 0.1) is 5.82 Å². The highest BCUT2D eigenvalue weighted by molar-refractivity contribution is 5.96. The lowest BCUT2D eigenvalue weighted by Gasteiger charge is -2.42. The average Bonchev–Trinajstić information content (AvgIpc) is 3.65. The Morgan fingerprint density at radius 2 is 1.42 bits per heavy atom. The van der Waals surface area contributed by atoms with Crippen LogP contribution >= 0.6 is 0 Å². The minimum Gasteiger partial charge on any atom is -0.497 e. The summed E-state index contributed by atoms with van der Waals surface area (Å²) in [4.78, 5) is 78.2. The number of halogens is 1. The summed E-state index contributed by atoms with van der Waals surface area (Å²) < 4.78 is 60.4. The Labute approximate surface area is 398 Å². The fraction of sp³-hybridized carbons (Fsp3) is 0.321. The standard InChI is InChI=1S/C53H52FNO14/c1-31(56)63-30-46-49(65-32(2)57)51(67-34(4)59)50(66-33(3)58)48(68-46)38-14-12-36(13-15-38)39-18-25-43(53(5,28-39)64-29-35-10-8-7-9-11-35)47-45(27-26-44(60)37-16-19-40(54)20-17-37)69-52(61)55(47)41-21-23-42(62-6)24-22-41/h7-25,30,45,47-51H,26-29H2,1-6H3/b46-30-/t45-,47-,48?,49-,50+,51+,53?/m1/s1. The van der Waals surface area contributed by atoms with E-state index < -0.39 is 78.0 Å². The second-order valence-electron chi connectivity index (χ2n) is 16.9. The first-order chi connectivity index (χ1) is 33.0. The Bertz CT molecular complexity index is 2640. The van der Waals surface area contributed by atoms with Crippen LogP contribution in [0.15, 0.2) is 133 Å². The number of amides is 1. The number of nitrogens with zero attached hydrogens (tertiary/aromatic N) is 1. The largest absolute Gasteiger partial charge is 0.497 e. The van der Waals surface area contributed by atoms with Crippen molar-refractivity contribution in [3.05, 3.63) is 161 Å². The molecule has 15 nitrogen and oxygen atoms in total. The van der Waals surface area contributed by atoms with Gasteiger partial charge in [-0.2, -0.15) is 0 Å². The van der Waals surface area contributed by atoms with E-state index in [9.17, 15) is 33.2 Å². The van der Waals surface area contributed by atoms with Gasteiger partial charge in [-0.25, -0.2) is 9.18 Å². The van der Waals surface area contributed by atoms with Crippen LogP contribution in [0.4, 0.5) is 14.9 Å². The van der Waals surface area contributed by atoms with Crippen LogP contribution < -0.4 is 9.64 Å². The number of carbonyl (C=O) groups is 6. The molecule has 3 aliphatic rings. The van der Waals surface area contributed by atoms with E-state index in [1.165, 1.54) is 31.2 Å². The number of ketones is 1. The molecular weight excluding hydrogens is 894 g/mol. The minimum absolute atomic E-state index is 0.00886. The summed E-state index contributed by atoms with van der Waals surface area (Å²) in [6.07, 6.45) is -1.46. The molecule has 1 amide bonds. The van der Waals surface area contributed by atoms with Crippen molar-refractivity contribution < 1.29 is 71.1 Å². The molecule has 1 aliphatic carbocycles. The molecule has 0 saturated carbocycles. The van der Waals surface area contributed by atoms with Crippen molar-refractivity contribution >= 4 is 47.0 Å². The lowest BCUT2D eigenvalue weighted by molar-refractivity contribution is -0.212. The third-order valence-corrected chi connectivity index (χ3v) is 11.9. The molecule has 0 bridgehead atoms. The van der Waals surface area contributed by atoms with Crippen molar-refractivity contribution in [2.24, 2.45) is 0 Å². The van der Waals surface area contributed by atoms with Gasteiger partial charge in [0, 0.05) is 51.8 Å². The number of methoxy groups -OCH3 is 1. The van der Waals surface area contributed by atoms with Crippen LogP contribution in [-0.2, 0) is 58.9 Å². The molecule has 2 unspecified atom stereocenters. The van der Waals surface area contributed by atoms with Gasteiger partial charge in [0.15, 0.2) is 29.9 Å². The SMILES string of the molecule is COc1ccc(N2C(=O)O[C@H](CCC(=O)c3ccc(F)cc3)[C@H]2C2=CC=C(c3ccc(C4O/C(=C\OC(C)=O)[C@@H](OC(C)=O)[C@H](OC(C)=O)[C@H]4OC(C)=O)cc3)CC2(C)OCc2ccccc2)cc1. The summed E-state index contributed by atoms with van der Waals surface area (Å²) in [7, 11) is 1.55. The first-order valence-electron chi connectivity index (χ1n) is 22.2. The summed E-state index contributed by atoms with van der Waals surface area (Å²) in [6.45, 7) is 6.76. The van der Waals surface area contributed by atoms with Crippen LogP contribution in [0.1, 0.15) is 87.0 Å². The number of ether oxygens (including phenoxy) is 8. The zero-order valence-electron chi connectivity index (χ0n) is 38.9. The van der Waals surface area contributed by atoms with E-state index in [4.69, 9.17) is 37.9 Å². The Morgan fingerprint density at radius 3 is 2.04 bits per heavy atom. The first kappa shape index (κ1) is 49.3. The summed E-state index contributed by atoms with van der Waals surface area (Å²) in [5.41, 5.74) is 3.47. The van der Waals surface area contributed by atoms with Gasteiger partial charge in [-0.15, -0.1) is 0 Å². The Kier molecular flexibility index (Phi) is 15.4. The van der Waals surface area contributed by atoms with Crippen molar-refractivity contribution in [2.75, 3.05) is 12.0 Å². The quantitative estimate of drug-likeness (QED) is 0.0450. The molecule has 2 aliphatic heterocycles. The van der Waals surface area contributed by atoms with Crippen molar-refractivity contribution in [1.82, 2.24) is 0 Å². The van der Waals surface area contributed by atoms with E-state index in [2.05, 4.69) is 0 Å². The number of hydrogen-bond acceptors (Lipinski definition) is 14. The van der Waals surface area contributed by atoms with E-state index >= 15 is 0 Å². The number of benzene rings is 4. The van der Waals surface area contributed by atoms with Crippen LogP contribution in [0.25, 0.3) is 5.57 Å². The molecule has 4 aromatic rings. The maximum Gasteiger partial charge on any atom is 0.415 e. The van der Waals surface area contributed by atoms with E-state index in [0.717, 1.165) is 43.7 Å². The van der Waals surface area contributed by atoms with E-state index in [1.54, 1.807) is 48.4 Å². The summed E-state index contributed by atoms with van der Waals surface area (Å²) in [6, 6.07) is 28.3. The number of anilines is 1. The maximum absolute atomic E-state index is 14.0. The molecular formula is C53H52FNO14. The van der Waals surface area contributed by atoms with Gasteiger partial charge >= 0.3 is 30.0 Å². The van der Waals surface area contributed by atoms with Gasteiger partial charge in [-0.05, 0) is 89.7 Å². The molecule has 7 atom stereocenters. The van der Waals surface area contributed by atoms with Crippen LogP contribution in [0.2, 0.25) is 0 Å². The predicted molar refractivity (Wildman–Crippen MR) is 247 cm³/mol. The molecule has 2 heterocycles. The van der Waals surface area contributed by atoms with E-state index in [-0.39, 0.29) is 31.0 Å². The number of cyclic esters (lactones) is 1. The molecule has 16 heteroatoms. The van der Waals surface area contributed by atoms with Crippen molar-refractivity contribution in [3.63, 3.8) is 0 Å². The van der Waals surface area contributed by atoms with Gasteiger partial charge in [0.25, 0.3) is 0 Å². The summed E-state index contributed by atoms with van der Waals surface area (Å²) in [5, 5.41) is 0. The van der Waals surface area contributed by atoms with Gasteiger partial charge in [-0.1, -0.05) is 66.7 Å². The smallest absolute Gasteiger partial charge is 0.415 e. The molecule has 2 saturated heterocycles. The molecule has 7 rings (SSSR count). The fourth-order valence-corrected chi connectivity index (χ4v) is 8.71. The highest BCUT2D eigenvalue weighted by atomic mass is 19.1. The van der Waals surface area contributed by atoms with Crippen molar-refractivity contribution in [3.8, 4) is 5.75 Å². The zero-order valence-corrected chi connectivity index (χ0v) is 38.9. The lowest BCUT2D eigenvalue weighted by atomic mass is 9.76. The minimum atomic E-state index is -1.44. The Morgan fingerprint density at radius 1 is 0.768 bits per heavy atom. The zero-order chi connectivity index (χ0) is 49.4. The highest BCUT2D eigenvalue weighted by Gasteiger charge is 2.52. The van der Waals surface area contributed by atoms with Crippen LogP contribution in [0.3, 0.4) is 0 Å². The molecule has 360 valence electrons. The Hall–Kier alpha value is -7.59. The molecule has 0 radical (unpaired) electrons. The van der Waals surface area contributed by atoms with Crippen molar-refractivity contribution in [2.45, 2.75) is 103 Å². The topological polar surface area (TPSA) is 180 Å². The predicted octanol–water partition coefficient (Wildman–Crippen LogP) is 8.85. The third-order valence-electron chi connectivity index (χ3n) is 11.9. The van der Waals surface area contributed by atoms with E-state index in [1.807, 2.05) is 61.5 Å². The number of Topliss-reactive ketones (excluding diaryl/α,β-unsaturated/α-hetero) is 1. The average molecular weight is 946 g/mol. The fourth-order valence-electron chi connectivity index (χ4n) is 8.71. The first-order valence-corrected chi connectivity index (χ1v) is 22.2. The van der Waals surface area contributed by atoms with Crippen LogP contribution in [0.5, 0.6) is 5.75 Å². The van der Waals surface area contributed by atoms with Gasteiger partial charge in [0.05, 0.1) is 19.3 Å². The van der Waals surface area contributed by atoms with Crippen LogP contribution in [-0.4, -0.2) is 78.9 Å². The monoisotopic (exact) mass is 945 g/mol. The number of esters is 4. The number of rotatable bonds is 16. The number of hydrogen-bond donors (Lipinski definition) is 0. The van der Waals surface area contributed by atoms with Gasteiger partial charge < -0.3 is 37.9 Å². The normalized spacial score (nSPS) is 23.7. The summed E-state index contributed by atoms with van der Waals surface area (Å²) >= 11 is 0. The third kappa shape index (κ3) is 11.8. The lowest BCUT2D eigenvalue weighted by Crippen LogP contribution is -2.53. The van der Waals surface area contributed by atoms with Gasteiger partial charge in [-0.3, -0.25) is 28.9 Å². The maximum atomic E-state index is 14.0. The molecule has 4 aromatic carbocycles. The van der Waals surface area contributed by atoms with Gasteiger partial charge in [0.1, 0.15) is 30.0 Å². The molecule has 2 fully saturated rings. The van der Waals surface area contributed by atoms with Crippen molar-refractivity contribution in [1.29, 1.82) is 0 Å². The molecule has 0 aromatic heterocycles. The number of allylic oxidation sites excluding steroid dienone is 2. The molecule has 0 N–H and O–H groups in total.